The lowest BCUT2D eigenvalue weighted by Gasteiger charge is -2.28. The highest BCUT2D eigenvalue weighted by atomic mass is 16.5. The number of benzene rings is 2. The first kappa shape index (κ1) is 19.9. The van der Waals surface area contributed by atoms with Crippen LogP contribution < -0.4 is 15.4 Å². The van der Waals surface area contributed by atoms with Crippen LogP contribution in [0.25, 0.3) is 0 Å². The van der Waals surface area contributed by atoms with Crippen LogP contribution in [0.5, 0.6) is 5.75 Å². The summed E-state index contributed by atoms with van der Waals surface area (Å²) in [7, 11) is 1.65. The van der Waals surface area contributed by atoms with E-state index in [9.17, 15) is 9.59 Å². The summed E-state index contributed by atoms with van der Waals surface area (Å²) in [5.41, 5.74) is 1.69. The SMILES string of the molecule is COc1ccc([C@H](CNC(=O)CNC(=O)c2ccccc2)N2CCCC2)cc1. The number of carbonyl (C=O) groups is 2. The molecule has 1 aliphatic heterocycles. The number of likely N-dealkylation sites (tertiary alicyclic amines) is 1. The van der Waals surface area contributed by atoms with E-state index >= 15 is 0 Å². The van der Waals surface area contributed by atoms with Gasteiger partial charge in [-0.05, 0) is 55.8 Å². The van der Waals surface area contributed by atoms with Gasteiger partial charge >= 0.3 is 0 Å². The van der Waals surface area contributed by atoms with E-state index in [4.69, 9.17) is 4.74 Å². The molecule has 0 unspecified atom stereocenters. The molecular weight excluding hydrogens is 354 g/mol. The fraction of sp³-hybridized carbons (Fsp3) is 0.364. The first-order valence-electron chi connectivity index (χ1n) is 9.65. The Morgan fingerprint density at radius 1 is 1.00 bits per heavy atom. The van der Waals surface area contributed by atoms with E-state index in [1.807, 2.05) is 30.3 Å². The van der Waals surface area contributed by atoms with E-state index in [1.54, 1.807) is 31.4 Å². The third kappa shape index (κ3) is 5.33. The van der Waals surface area contributed by atoms with Crippen LogP contribution in [0.3, 0.4) is 0 Å². The number of carbonyl (C=O) groups excluding carboxylic acids is 2. The predicted molar refractivity (Wildman–Crippen MR) is 108 cm³/mol. The standard InChI is InChI=1S/C22H27N3O3/c1-28-19-11-9-17(10-12-19)20(25-13-5-6-14-25)15-23-21(26)16-24-22(27)18-7-3-2-4-8-18/h2-4,7-12,20H,5-6,13-16H2,1H3,(H,23,26)(H,24,27)/t20-/m0/s1. The summed E-state index contributed by atoms with van der Waals surface area (Å²) < 4.78 is 5.24. The van der Waals surface area contributed by atoms with Gasteiger partial charge in [-0.1, -0.05) is 30.3 Å². The Morgan fingerprint density at radius 2 is 1.68 bits per heavy atom. The Kier molecular flexibility index (Phi) is 7.03. The van der Waals surface area contributed by atoms with E-state index in [0.29, 0.717) is 12.1 Å². The zero-order chi connectivity index (χ0) is 19.8. The highest BCUT2D eigenvalue weighted by molar-refractivity contribution is 5.96. The highest BCUT2D eigenvalue weighted by Gasteiger charge is 2.24. The van der Waals surface area contributed by atoms with Crippen LogP contribution >= 0.6 is 0 Å². The van der Waals surface area contributed by atoms with Crippen molar-refractivity contribution in [2.75, 3.05) is 33.3 Å². The molecule has 1 aliphatic rings. The molecule has 0 aliphatic carbocycles. The Bertz CT molecular complexity index is 771. The number of amides is 2. The van der Waals surface area contributed by atoms with Crippen LogP contribution in [0.4, 0.5) is 0 Å². The third-order valence-electron chi connectivity index (χ3n) is 5.02. The molecule has 1 fully saturated rings. The molecule has 1 saturated heterocycles. The zero-order valence-corrected chi connectivity index (χ0v) is 16.2. The molecule has 0 radical (unpaired) electrons. The second kappa shape index (κ2) is 9.90. The molecule has 0 spiro atoms. The molecule has 0 bridgehead atoms. The van der Waals surface area contributed by atoms with Gasteiger partial charge in [-0.15, -0.1) is 0 Å². The second-order valence-corrected chi connectivity index (χ2v) is 6.88. The zero-order valence-electron chi connectivity index (χ0n) is 16.2. The maximum absolute atomic E-state index is 12.3. The first-order chi connectivity index (χ1) is 13.7. The topological polar surface area (TPSA) is 70.7 Å². The quantitative estimate of drug-likeness (QED) is 0.737. The molecule has 2 amide bonds. The Hall–Kier alpha value is -2.86. The van der Waals surface area contributed by atoms with Crippen molar-refractivity contribution < 1.29 is 14.3 Å². The highest BCUT2D eigenvalue weighted by Crippen LogP contribution is 2.26. The molecule has 148 valence electrons. The molecule has 0 saturated carbocycles. The van der Waals surface area contributed by atoms with Gasteiger partial charge in [-0.3, -0.25) is 14.5 Å². The molecule has 2 N–H and O–H groups in total. The van der Waals surface area contributed by atoms with Crippen LogP contribution in [0.15, 0.2) is 54.6 Å². The molecule has 0 aromatic heterocycles. The predicted octanol–water partition coefficient (Wildman–Crippen LogP) is 2.38. The van der Waals surface area contributed by atoms with Crippen molar-refractivity contribution >= 4 is 11.8 Å². The third-order valence-corrected chi connectivity index (χ3v) is 5.02. The summed E-state index contributed by atoms with van der Waals surface area (Å²) in [4.78, 5) is 26.7. The second-order valence-electron chi connectivity index (χ2n) is 6.88. The molecule has 6 nitrogen and oxygen atoms in total. The fourth-order valence-electron chi connectivity index (χ4n) is 3.46. The van der Waals surface area contributed by atoms with E-state index in [0.717, 1.165) is 24.4 Å². The van der Waals surface area contributed by atoms with Gasteiger partial charge in [0.25, 0.3) is 5.91 Å². The van der Waals surface area contributed by atoms with Crippen molar-refractivity contribution in [3.05, 3.63) is 65.7 Å². The van der Waals surface area contributed by atoms with Gasteiger partial charge in [0.2, 0.25) is 5.91 Å². The maximum Gasteiger partial charge on any atom is 0.251 e. The van der Waals surface area contributed by atoms with Crippen LogP contribution in [-0.2, 0) is 4.79 Å². The van der Waals surface area contributed by atoms with Crippen molar-refractivity contribution in [2.45, 2.75) is 18.9 Å². The fourth-order valence-corrected chi connectivity index (χ4v) is 3.46. The van der Waals surface area contributed by atoms with Crippen LogP contribution in [0.2, 0.25) is 0 Å². The van der Waals surface area contributed by atoms with Crippen molar-refractivity contribution in [2.24, 2.45) is 0 Å². The Balaban J connectivity index is 1.55. The van der Waals surface area contributed by atoms with E-state index < -0.39 is 0 Å². The van der Waals surface area contributed by atoms with Crippen LogP contribution in [-0.4, -0.2) is 50.0 Å². The summed E-state index contributed by atoms with van der Waals surface area (Å²) >= 11 is 0. The molecule has 2 aromatic rings. The largest absolute Gasteiger partial charge is 0.497 e. The Labute approximate surface area is 165 Å². The molecule has 1 atom stereocenters. The summed E-state index contributed by atoms with van der Waals surface area (Å²) in [6, 6.07) is 17.0. The number of methoxy groups -OCH3 is 1. The molecule has 28 heavy (non-hydrogen) atoms. The minimum Gasteiger partial charge on any atom is -0.497 e. The lowest BCUT2D eigenvalue weighted by atomic mass is 10.1. The van der Waals surface area contributed by atoms with Gasteiger partial charge in [0.05, 0.1) is 19.7 Å². The van der Waals surface area contributed by atoms with Crippen molar-refractivity contribution in [3.8, 4) is 5.75 Å². The summed E-state index contributed by atoms with van der Waals surface area (Å²) in [5.74, 6) is 0.376. The molecule has 3 rings (SSSR count). The van der Waals surface area contributed by atoms with Gasteiger partial charge in [0.1, 0.15) is 5.75 Å². The van der Waals surface area contributed by atoms with Crippen LogP contribution in [0.1, 0.15) is 34.8 Å². The van der Waals surface area contributed by atoms with Gasteiger partial charge in [-0.2, -0.15) is 0 Å². The number of ether oxygens (including phenoxy) is 1. The summed E-state index contributed by atoms with van der Waals surface area (Å²) in [5, 5.41) is 5.63. The smallest absolute Gasteiger partial charge is 0.251 e. The van der Waals surface area contributed by atoms with Crippen molar-refractivity contribution in [3.63, 3.8) is 0 Å². The number of hydrogen-bond donors (Lipinski definition) is 2. The average Bonchev–Trinajstić information content (AvgIpc) is 3.28. The summed E-state index contributed by atoms with van der Waals surface area (Å²) in [6.07, 6.45) is 2.35. The van der Waals surface area contributed by atoms with Crippen LogP contribution in [0, 0.1) is 0 Å². The summed E-state index contributed by atoms with van der Waals surface area (Å²) in [6.45, 7) is 2.52. The minimum absolute atomic E-state index is 0.0386. The first-order valence-corrected chi connectivity index (χ1v) is 9.65. The molecule has 1 heterocycles. The number of rotatable bonds is 8. The van der Waals surface area contributed by atoms with E-state index in [2.05, 4.69) is 15.5 Å². The molecular formula is C22H27N3O3. The number of hydrogen-bond acceptors (Lipinski definition) is 4. The Morgan fingerprint density at radius 3 is 2.32 bits per heavy atom. The van der Waals surface area contributed by atoms with E-state index in [1.165, 1.54) is 12.8 Å². The van der Waals surface area contributed by atoms with Gasteiger partial charge < -0.3 is 15.4 Å². The molecule has 2 aromatic carbocycles. The number of nitrogens with zero attached hydrogens (tertiary/aromatic N) is 1. The number of nitrogens with one attached hydrogen (secondary N) is 2. The van der Waals surface area contributed by atoms with Gasteiger partial charge in [0.15, 0.2) is 0 Å². The van der Waals surface area contributed by atoms with Gasteiger partial charge in [-0.25, -0.2) is 0 Å². The normalized spacial score (nSPS) is 15.0. The molecule has 6 heteroatoms. The lowest BCUT2D eigenvalue weighted by molar-refractivity contribution is -0.120. The average molecular weight is 381 g/mol. The maximum atomic E-state index is 12.3. The minimum atomic E-state index is -0.248. The van der Waals surface area contributed by atoms with E-state index in [-0.39, 0.29) is 24.4 Å². The van der Waals surface area contributed by atoms with Gasteiger partial charge in [0, 0.05) is 12.1 Å². The lowest BCUT2D eigenvalue weighted by Crippen LogP contribution is -2.41. The van der Waals surface area contributed by atoms with Crippen molar-refractivity contribution in [1.29, 1.82) is 0 Å². The monoisotopic (exact) mass is 381 g/mol. The van der Waals surface area contributed by atoms with Crippen molar-refractivity contribution in [1.82, 2.24) is 15.5 Å².